The largest absolute Gasteiger partial charge is 0.469 e. The summed E-state index contributed by atoms with van der Waals surface area (Å²) in [6, 6.07) is 5.41. The summed E-state index contributed by atoms with van der Waals surface area (Å²) >= 11 is 11.9. The van der Waals surface area contributed by atoms with Crippen LogP contribution in [0.3, 0.4) is 0 Å². The molecule has 0 aromatic heterocycles. The summed E-state index contributed by atoms with van der Waals surface area (Å²) < 4.78 is 4.58. The number of benzene rings is 1. The van der Waals surface area contributed by atoms with Gasteiger partial charge in [0, 0.05) is 23.1 Å². The number of hydrogen-bond donors (Lipinski definition) is 0. The molecule has 1 aromatic carbocycles. The lowest BCUT2D eigenvalue weighted by molar-refractivity contribution is -0.140. The van der Waals surface area contributed by atoms with Crippen LogP contribution >= 0.6 is 23.2 Å². The van der Waals surface area contributed by atoms with E-state index in [-0.39, 0.29) is 5.97 Å². The molecule has 0 aliphatic heterocycles. The maximum absolute atomic E-state index is 11.0. The Hall–Kier alpha value is -0.770. The van der Waals surface area contributed by atoms with Gasteiger partial charge in [-0.15, -0.1) is 0 Å². The molecule has 0 heterocycles. The molecule has 0 N–H and O–H groups in total. The number of methoxy groups -OCH3 is 1. The van der Waals surface area contributed by atoms with E-state index in [1.54, 1.807) is 12.1 Å². The lowest BCUT2D eigenvalue weighted by atomic mass is 10.2. The average molecular weight is 276 g/mol. The van der Waals surface area contributed by atoms with Gasteiger partial charge in [-0.05, 0) is 24.7 Å². The van der Waals surface area contributed by atoms with Crippen molar-refractivity contribution in [3.63, 3.8) is 0 Å². The first-order chi connectivity index (χ1) is 8.02. The van der Waals surface area contributed by atoms with Gasteiger partial charge in [0.15, 0.2) is 0 Å². The van der Waals surface area contributed by atoms with Gasteiger partial charge in [0.2, 0.25) is 0 Å². The van der Waals surface area contributed by atoms with Crippen LogP contribution in [0.25, 0.3) is 0 Å². The average Bonchev–Trinajstić information content (AvgIpc) is 2.29. The molecule has 0 fully saturated rings. The second-order valence-corrected chi connectivity index (χ2v) is 4.64. The smallest absolute Gasteiger partial charge is 0.306 e. The highest BCUT2D eigenvalue weighted by Gasteiger charge is 2.07. The SMILES string of the molecule is COC(=O)CCN(C)Cc1ccc(Cl)cc1Cl. The van der Waals surface area contributed by atoms with Gasteiger partial charge in [-0.25, -0.2) is 0 Å². The van der Waals surface area contributed by atoms with Crippen LogP contribution < -0.4 is 0 Å². The fourth-order valence-corrected chi connectivity index (χ4v) is 1.87. The highest BCUT2D eigenvalue weighted by molar-refractivity contribution is 6.35. The third-order valence-electron chi connectivity index (χ3n) is 2.38. The Labute approximate surface area is 111 Å². The van der Waals surface area contributed by atoms with Crippen molar-refractivity contribution in [1.82, 2.24) is 4.90 Å². The first-order valence-electron chi connectivity index (χ1n) is 5.22. The topological polar surface area (TPSA) is 29.5 Å². The summed E-state index contributed by atoms with van der Waals surface area (Å²) in [4.78, 5) is 13.0. The zero-order valence-corrected chi connectivity index (χ0v) is 11.4. The number of halogens is 2. The van der Waals surface area contributed by atoms with Crippen molar-refractivity contribution in [3.8, 4) is 0 Å². The van der Waals surface area contributed by atoms with Gasteiger partial charge in [-0.3, -0.25) is 4.79 Å². The van der Waals surface area contributed by atoms with Gasteiger partial charge in [0.05, 0.1) is 13.5 Å². The molecule has 0 saturated carbocycles. The fraction of sp³-hybridized carbons (Fsp3) is 0.417. The summed E-state index contributed by atoms with van der Waals surface area (Å²) in [6.07, 6.45) is 0.373. The minimum Gasteiger partial charge on any atom is -0.469 e. The zero-order valence-electron chi connectivity index (χ0n) is 9.87. The van der Waals surface area contributed by atoms with Crippen LogP contribution in [0, 0.1) is 0 Å². The molecule has 0 aliphatic rings. The first-order valence-corrected chi connectivity index (χ1v) is 5.98. The van der Waals surface area contributed by atoms with Crippen molar-refractivity contribution in [2.45, 2.75) is 13.0 Å². The van der Waals surface area contributed by atoms with E-state index in [2.05, 4.69) is 4.74 Å². The lowest BCUT2D eigenvalue weighted by Gasteiger charge is -2.16. The van der Waals surface area contributed by atoms with Crippen LogP contribution in [0.4, 0.5) is 0 Å². The summed E-state index contributed by atoms with van der Waals surface area (Å²) in [5, 5.41) is 1.26. The predicted octanol–water partition coefficient (Wildman–Crippen LogP) is 2.99. The van der Waals surface area contributed by atoms with Crippen molar-refractivity contribution in [1.29, 1.82) is 0 Å². The molecule has 0 radical (unpaired) electrons. The predicted molar refractivity (Wildman–Crippen MR) is 69.4 cm³/mol. The Morgan fingerprint density at radius 1 is 1.41 bits per heavy atom. The quantitative estimate of drug-likeness (QED) is 0.774. The van der Waals surface area contributed by atoms with Gasteiger partial charge in [0.25, 0.3) is 0 Å². The van der Waals surface area contributed by atoms with E-state index in [9.17, 15) is 4.79 Å². The van der Waals surface area contributed by atoms with E-state index < -0.39 is 0 Å². The Bertz CT molecular complexity index is 396. The highest BCUT2D eigenvalue weighted by atomic mass is 35.5. The Balaban J connectivity index is 2.50. The molecule has 3 nitrogen and oxygen atoms in total. The summed E-state index contributed by atoms with van der Waals surface area (Å²) in [5.41, 5.74) is 0.989. The molecular formula is C12H15Cl2NO2. The summed E-state index contributed by atoms with van der Waals surface area (Å²) in [6.45, 7) is 1.30. The second kappa shape index (κ2) is 6.84. The number of rotatable bonds is 5. The second-order valence-electron chi connectivity index (χ2n) is 3.80. The van der Waals surface area contributed by atoms with Gasteiger partial charge in [0.1, 0.15) is 0 Å². The number of ether oxygens (including phenoxy) is 1. The van der Waals surface area contributed by atoms with Gasteiger partial charge < -0.3 is 9.64 Å². The van der Waals surface area contributed by atoms with Gasteiger partial charge in [-0.2, -0.15) is 0 Å². The number of esters is 1. The molecule has 0 aliphatic carbocycles. The van der Waals surface area contributed by atoms with Crippen molar-refractivity contribution >= 4 is 29.2 Å². The molecule has 94 valence electrons. The first kappa shape index (κ1) is 14.3. The van der Waals surface area contributed by atoms with E-state index >= 15 is 0 Å². The monoisotopic (exact) mass is 275 g/mol. The molecule has 0 spiro atoms. The molecule has 1 aromatic rings. The van der Waals surface area contributed by atoms with Crippen molar-refractivity contribution in [2.24, 2.45) is 0 Å². The van der Waals surface area contributed by atoms with E-state index in [0.29, 0.717) is 29.6 Å². The molecule has 17 heavy (non-hydrogen) atoms. The van der Waals surface area contributed by atoms with Crippen LogP contribution in [0.15, 0.2) is 18.2 Å². The normalized spacial score (nSPS) is 10.6. The van der Waals surface area contributed by atoms with Gasteiger partial charge in [-0.1, -0.05) is 29.3 Å². The Kier molecular flexibility index (Phi) is 5.75. The Morgan fingerprint density at radius 2 is 2.12 bits per heavy atom. The van der Waals surface area contributed by atoms with Crippen LogP contribution in [0.5, 0.6) is 0 Å². The summed E-state index contributed by atoms with van der Waals surface area (Å²) in [5.74, 6) is -0.209. The zero-order chi connectivity index (χ0) is 12.8. The van der Waals surface area contributed by atoms with Crippen LogP contribution in [0.1, 0.15) is 12.0 Å². The minimum atomic E-state index is -0.209. The number of nitrogens with zero attached hydrogens (tertiary/aromatic N) is 1. The van der Waals surface area contributed by atoms with Crippen LogP contribution in [-0.4, -0.2) is 31.6 Å². The number of carbonyl (C=O) groups is 1. The highest BCUT2D eigenvalue weighted by Crippen LogP contribution is 2.21. The van der Waals surface area contributed by atoms with Crippen molar-refractivity contribution in [2.75, 3.05) is 20.7 Å². The minimum absolute atomic E-state index is 0.209. The molecule has 0 bridgehead atoms. The third kappa shape index (κ3) is 4.94. The van der Waals surface area contributed by atoms with Crippen molar-refractivity contribution in [3.05, 3.63) is 33.8 Å². The van der Waals surface area contributed by atoms with E-state index in [1.807, 2.05) is 18.0 Å². The maximum Gasteiger partial charge on any atom is 0.306 e. The fourth-order valence-electron chi connectivity index (χ4n) is 1.40. The molecular weight excluding hydrogens is 261 g/mol. The van der Waals surface area contributed by atoms with Crippen LogP contribution in [-0.2, 0) is 16.1 Å². The molecule has 0 amide bonds. The molecule has 0 saturated heterocycles. The van der Waals surface area contributed by atoms with Crippen LogP contribution in [0.2, 0.25) is 10.0 Å². The summed E-state index contributed by atoms with van der Waals surface area (Å²) in [7, 11) is 3.31. The molecule has 0 unspecified atom stereocenters. The number of hydrogen-bond acceptors (Lipinski definition) is 3. The Morgan fingerprint density at radius 3 is 2.71 bits per heavy atom. The number of carbonyl (C=O) groups excluding carboxylic acids is 1. The van der Waals surface area contributed by atoms with E-state index in [0.717, 1.165) is 5.56 Å². The lowest BCUT2D eigenvalue weighted by Crippen LogP contribution is -2.22. The molecule has 5 heteroatoms. The molecule has 0 atom stereocenters. The third-order valence-corrected chi connectivity index (χ3v) is 2.97. The maximum atomic E-state index is 11.0. The van der Waals surface area contributed by atoms with E-state index in [1.165, 1.54) is 7.11 Å². The standard InChI is InChI=1S/C12H15Cl2NO2/c1-15(6-5-12(16)17-2)8-9-3-4-10(13)7-11(9)14/h3-4,7H,5-6,8H2,1-2H3. The van der Waals surface area contributed by atoms with Gasteiger partial charge >= 0.3 is 5.97 Å². The molecule has 1 rings (SSSR count). The van der Waals surface area contributed by atoms with Crippen molar-refractivity contribution < 1.29 is 9.53 Å². The van der Waals surface area contributed by atoms with E-state index in [4.69, 9.17) is 23.2 Å².